The van der Waals surface area contributed by atoms with Crippen molar-refractivity contribution in [1.29, 1.82) is 5.26 Å². The van der Waals surface area contributed by atoms with Gasteiger partial charge in [0.05, 0.1) is 12.6 Å². The summed E-state index contributed by atoms with van der Waals surface area (Å²) in [5.41, 5.74) is 4.97. The zero-order valence-electron chi connectivity index (χ0n) is 13.7. The van der Waals surface area contributed by atoms with E-state index >= 15 is 0 Å². The average Bonchev–Trinajstić information content (AvgIpc) is 2.60. The summed E-state index contributed by atoms with van der Waals surface area (Å²) in [5.74, 6) is -1.07. The fourth-order valence-corrected chi connectivity index (χ4v) is 1.92. The molecule has 2 N–H and O–H groups in total. The molecular formula is C19H19FmN2O3-. The number of benzene rings is 2. The molecule has 0 aromatic heterocycles. The number of carboxylic acids is 1. The molecule has 6 heteroatoms. The van der Waals surface area contributed by atoms with Crippen LogP contribution in [0.1, 0.15) is 17.5 Å². The van der Waals surface area contributed by atoms with Gasteiger partial charge in [0.15, 0.2) is 0 Å². The molecule has 0 heterocycles. The minimum absolute atomic E-state index is 0. The predicted octanol–water partition coefficient (Wildman–Crippen LogP) is 2.85. The molecule has 0 fully saturated rings. The number of carbonyl (C=O) groups is 1. The van der Waals surface area contributed by atoms with E-state index in [1.54, 1.807) is 0 Å². The van der Waals surface area contributed by atoms with Gasteiger partial charge in [-0.1, -0.05) is 54.1 Å². The van der Waals surface area contributed by atoms with Crippen molar-refractivity contribution >= 4 is 12.4 Å². The van der Waals surface area contributed by atoms with Crippen LogP contribution in [-0.4, -0.2) is 24.0 Å². The number of amides is 1. The molecule has 1 amide bonds. The van der Waals surface area contributed by atoms with Crippen LogP contribution in [0.2, 0.25) is 0 Å². The number of nitriles is 1. The van der Waals surface area contributed by atoms with E-state index in [2.05, 4.69) is 61.5 Å². The Labute approximate surface area is 141 Å². The number of hydrogen-bond donors (Lipinski definition) is 2. The van der Waals surface area contributed by atoms with Gasteiger partial charge in [-0.15, -0.1) is 0 Å². The van der Waals surface area contributed by atoms with E-state index in [9.17, 15) is 9.59 Å². The second-order valence-corrected chi connectivity index (χ2v) is 5.07. The Bertz CT molecular complexity index is 692. The van der Waals surface area contributed by atoms with Gasteiger partial charge in [0.25, 0.3) is 0 Å². The molecular weight excluding hydrogens is 561 g/mol. The summed E-state index contributed by atoms with van der Waals surface area (Å²) in [6.07, 6.45) is 2.64. The third-order valence-corrected chi connectivity index (χ3v) is 3.18. The molecule has 0 unspecified atom stereocenters. The summed E-state index contributed by atoms with van der Waals surface area (Å²) in [7, 11) is 0. The second kappa shape index (κ2) is 11.4. The van der Waals surface area contributed by atoms with Crippen LogP contribution in [0.3, 0.4) is 0 Å². The molecule has 0 aliphatic carbocycles. The van der Waals surface area contributed by atoms with Gasteiger partial charge in [0.2, 0.25) is 0 Å². The van der Waals surface area contributed by atoms with Crippen molar-refractivity contribution in [3.05, 3.63) is 59.7 Å². The molecule has 0 saturated heterocycles. The van der Waals surface area contributed by atoms with E-state index in [0.717, 1.165) is 6.42 Å². The zero-order chi connectivity index (χ0) is 17.8. The summed E-state index contributed by atoms with van der Waals surface area (Å²) in [6, 6.07) is 19.1. The van der Waals surface area contributed by atoms with Crippen molar-refractivity contribution < 1.29 is 14.7 Å². The first-order valence-electron chi connectivity index (χ1n) is 7.41. The Morgan fingerprint density at radius 2 is 1.64 bits per heavy atom. The molecule has 25 heavy (non-hydrogen) atoms. The Hall–Kier alpha value is -4.13. The molecule has 0 saturated carbocycles. The smallest absolute Gasteiger partial charge is 0.320 e. The number of hydrogen-bond acceptors (Lipinski definition) is 3. The molecule has 2 aromatic rings. The fraction of sp³-hybridized carbons (Fsp3) is 0.211. The maximum absolute atomic E-state index is 9.52. The summed E-state index contributed by atoms with van der Waals surface area (Å²) in [5, 5.41) is 18.2. The van der Waals surface area contributed by atoms with Gasteiger partial charge in [-0.25, -0.2) is 0 Å². The van der Waals surface area contributed by atoms with Crippen molar-refractivity contribution in [3.8, 4) is 17.2 Å². The number of nitrogens with zero attached hydrogens (tertiary/aromatic N) is 1. The first-order chi connectivity index (χ1) is 11.6. The normalized spacial score (nSPS) is 8.80. The molecule has 2 aromatic carbocycles. The monoisotopic (exact) mass is 580 g/mol. The number of carbonyl (C=O) groups excluding carboxylic acids is 1. The number of carboxylic acid groups (broad SMARTS) is 1. The van der Waals surface area contributed by atoms with Gasteiger partial charge in [-0.05, 0) is 30.0 Å². The van der Waals surface area contributed by atoms with E-state index in [0.29, 0.717) is 6.42 Å². The van der Waals surface area contributed by atoms with E-state index in [1.807, 2.05) is 5.32 Å². The van der Waals surface area contributed by atoms with Crippen LogP contribution in [0.4, 0.5) is 0 Å². The topological polar surface area (TPSA) is 90.2 Å². The molecule has 0 radical (unpaired) electrons. The Morgan fingerprint density at radius 1 is 1.12 bits per heavy atom. The Kier molecular flexibility index (Phi) is 9.55. The SMILES string of the molecule is Cc1ccc(-c2ccc(CCC#N)cc2)cc1.O=[C-]NCC(=O)O.[Fm]. The summed E-state index contributed by atoms with van der Waals surface area (Å²) in [6.45, 7) is 1.73. The maximum Gasteiger partial charge on any atom is 0.320 e. The maximum atomic E-state index is 9.52. The van der Waals surface area contributed by atoms with E-state index in [1.165, 1.54) is 28.7 Å². The molecule has 136 valence electrons. The van der Waals surface area contributed by atoms with E-state index in [4.69, 9.17) is 10.4 Å². The second-order valence-electron chi connectivity index (χ2n) is 5.07. The van der Waals surface area contributed by atoms with Crippen LogP contribution in [0.15, 0.2) is 48.5 Å². The van der Waals surface area contributed by atoms with Crippen molar-refractivity contribution in [3.63, 3.8) is 0 Å². The Balaban J connectivity index is 0.000000620. The Morgan fingerprint density at radius 3 is 2.04 bits per heavy atom. The van der Waals surface area contributed by atoms with Crippen LogP contribution in [0, 0.1) is 18.3 Å². The van der Waals surface area contributed by atoms with Gasteiger partial charge in [-0.2, -0.15) is 11.7 Å². The molecule has 0 aliphatic rings. The fourth-order valence-electron chi connectivity index (χ4n) is 1.92. The molecule has 0 bridgehead atoms. The van der Waals surface area contributed by atoms with Crippen molar-refractivity contribution in [1.82, 2.24) is 5.32 Å². The molecule has 0 spiro atoms. The van der Waals surface area contributed by atoms with Crippen LogP contribution in [-0.2, 0) is 16.0 Å². The number of aliphatic carboxylic acids is 1. The molecule has 2 rings (SSSR count). The first kappa shape index (κ1) is 20.9. The zero-order valence-corrected chi connectivity index (χ0v) is 16.1. The third kappa shape index (κ3) is 8.17. The quantitative estimate of drug-likeness (QED) is 0.407. The largest absolute Gasteiger partial charge is 0.521 e. The van der Waals surface area contributed by atoms with Gasteiger partial charge >= 0.3 is 5.97 Å². The standard InChI is InChI=1S/C16H15N.C3H4NO3.Fm/c1-13-4-8-15(9-5-13)16-10-6-14(7-11-16)3-2-12-17;5-2-4-1-3(6)7;/h4-11H,2-3H2,1H3;1H2,(H,4,5)(H,6,7);/q;-1;. The number of nitrogens with one attached hydrogen (secondary N) is 1. The summed E-state index contributed by atoms with van der Waals surface area (Å²) in [4.78, 5) is 18.7. The third-order valence-electron chi connectivity index (χ3n) is 3.18. The number of rotatable bonds is 6. The molecule has 0 atom stereocenters. The predicted molar refractivity (Wildman–Crippen MR) is 91.9 cm³/mol. The van der Waals surface area contributed by atoms with Gasteiger partial charge in [0.1, 0.15) is 0 Å². The van der Waals surface area contributed by atoms with Crippen LogP contribution < -0.4 is 5.32 Å². The van der Waals surface area contributed by atoms with Gasteiger partial charge in [-0.3, -0.25) is 4.79 Å². The number of aryl methyl sites for hydroxylation is 2. The first-order valence-corrected chi connectivity index (χ1v) is 7.41. The van der Waals surface area contributed by atoms with Crippen molar-refractivity contribution in [2.75, 3.05) is 6.54 Å². The van der Waals surface area contributed by atoms with Crippen LogP contribution >= 0.6 is 0 Å². The van der Waals surface area contributed by atoms with Crippen molar-refractivity contribution in [2.24, 2.45) is 0 Å². The minimum Gasteiger partial charge on any atom is -0.521 e. The summed E-state index contributed by atoms with van der Waals surface area (Å²) >= 11 is 0. The van der Waals surface area contributed by atoms with Crippen LogP contribution in [0.5, 0.6) is 0 Å². The molecule has 0 aliphatic heterocycles. The van der Waals surface area contributed by atoms with E-state index < -0.39 is 5.97 Å². The van der Waals surface area contributed by atoms with E-state index in [-0.39, 0.29) is 6.54 Å². The van der Waals surface area contributed by atoms with Gasteiger partial charge < -0.3 is 15.2 Å². The van der Waals surface area contributed by atoms with Gasteiger partial charge in [0, 0.05) is 6.42 Å². The summed E-state index contributed by atoms with van der Waals surface area (Å²) < 4.78 is 0. The van der Waals surface area contributed by atoms with Crippen molar-refractivity contribution in [2.45, 2.75) is 19.8 Å². The molecule has 5 nitrogen and oxygen atoms in total. The van der Waals surface area contributed by atoms with Crippen LogP contribution in [0.25, 0.3) is 11.1 Å². The minimum atomic E-state index is -1.07. The average molecular weight is 580 g/mol.